The molecule has 8 heteroatoms. The van der Waals surface area contributed by atoms with Gasteiger partial charge in [-0.1, -0.05) is 24.8 Å². The zero-order valence-corrected chi connectivity index (χ0v) is 14.9. The monoisotopic (exact) mass is 349 g/mol. The normalized spacial score (nSPS) is 25.4. The van der Waals surface area contributed by atoms with Crippen LogP contribution in [0.25, 0.3) is 0 Å². The fourth-order valence-electron chi connectivity index (χ4n) is 2.90. The molecule has 8 nitrogen and oxygen atoms in total. The van der Waals surface area contributed by atoms with Crippen LogP contribution < -0.4 is 11.1 Å². The molecule has 0 saturated carbocycles. The van der Waals surface area contributed by atoms with Crippen LogP contribution in [0, 0.1) is 0 Å². The van der Waals surface area contributed by atoms with Crippen LogP contribution in [0.4, 0.5) is 0 Å². The molecular weight excluding hydrogens is 322 g/mol. The third-order valence-electron chi connectivity index (χ3n) is 4.47. The van der Waals surface area contributed by atoms with E-state index in [9.17, 15) is 9.59 Å². The summed E-state index contributed by atoms with van der Waals surface area (Å²) >= 11 is 0. The lowest BCUT2D eigenvalue weighted by Gasteiger charge is -2.24. The maximum absolute atomic E-state index is 12.6. The number of nitrogens with two attached hydrogens (primary N) is 1. The summed E-state index contributed by atoms with van der Waals surface area (Å²) in [5, 5.41) is 8.28. The maximum atomic E-state index is 12.6. The summed E-state index contributed by atoms with van der Waals surface area (Å²) in [7, 11) is 1.72. The molecule has 138 valence electrons. The minimum atomic E-state index is -0.729. The average molecular weight is 349 g/mol. The van der Waals surface area contributed by atoms with Crippen molar-refractivity contribution in [3.05, 3.63) is 24.8 Å². The van der Waals surface area contributed by atoms with Gasteiger partial charge in [0, 0.05) is 13.6 Å². The first-order chi connectivity index (χ1) is 11.9. The number of hydrazone groups is 1. The Kier molecular flexibility index (Phi) is 6.58. The number of nitrogens with one attached hydrogen (secondary N) is 1. The Labute approximate surface area is 148 Å². The Morgan fingerprint density at radius 2 is 2.32 bits per heavy atom. The molecule has 0 aliphatic carbocycles. The van der Waals surface area contributed by atoms with Gasteiger partial charge in [0.2, 0.25) is 11.7 Å². The van der Waals surface area contributed by atoms with Crippen LogP contribution in [0.2, 0.25) is 0 Å². The molecule has 0 radical (unpaired) electrons. The highest BCUT2D eigenvalue weighted by atomic mass is 16.5. The molecule has 2 rings (SSSR count). The quantitative estimate of drug-likeness (QED) is 0.311. The number of ether oxygens (including phenoxy) is 1. The summed E-state index contributed by atoms with van der Waals surface area (Å²) in [6, 6.07) is -0.672. The maximum Gasteiger partial charge on any atom is 0.289 e. The van der Waals surface area contributed by atoms with Gasteiger partial charge in [-0.15, -0.1) is 0 Å². The summed E-state index contributed by atoms with van der Waals surface area (Å²) < 4.78 is 5.55. The van der Waals surface area contributed by atoms with E-state index >= 15 is 0 Å². The Morgan fingerprint density at radius 3 is 3.04 bits per heavy atom. The minimum absolute atomic E-state index is 0.0578. The standard InChI is InChI=1S/C17H27N5O3/c1-4-5-7-12(2)21(3)20-15(18)16(23)19-14-11-25-10-13-8-6-9-22(13)17(14)24/h4-5,7,12-14H,1,6,8-11H2,2-3H3,(H2,18,20)(H,19,23)/b7-5-/t12?,13-,14?/m0/s1. The Balaban J connectivity index is 1.97. The smallest absolute Gasteiger partial charge is 0.289 e. The van der Waals surface area contributed by atoms with Crippen molar-refractivity contribution >= 4 is 17.6 Å². The Bertz CT molecular complexity index is 575. The van der Waals surface area contributed by atoms with Crippen molar-refractivity contribution in [1.29, 1.82) is 0 Å². The van der Waals surface area contributed by atoms with E-state index in [4.69, 9.17) is 10.5 Å². The average Bonchev–Trinajstić information content (AvgIpc) is 3.00. The van der Waals surface area contributed by atoms with Crippen molar-refractivity contribution in [3.63, 3.8) is 0 Å². The number of nitrogens with zero attached hydrogens (tertiary/aromatic N) is 3. The van der Waals surface area contributed by atoms with Gasteiger partial charge in [0.1, 0.15) is 6.04 Å². The molecule has 0 aromatic rings. The molecule has 2 fully saturated rings. The Hall–Kier alpha value is -2.35. The first-order valence-corrected chi connectivity index (χ1v) is 8.49. The fraction of sp³-hybridized carbons (Fsp3) is 0.588. The number of likely N-dealkylation sites (N-methyl/N-ethyl adjacent to an activating group) is 1. The molecule has 0 spiro atoms. The molecule has 2 heterocycles. The van der Waals surface area contributed by atoms with Gasteiger partial charge < -0.3 is 20.7 Å². The summed E-state index contributed by atoms with van der Waals surface area (Å²) in [6.07, 6.45) is 7.23. The Morgan fingerprint density at radius 1 is 1.56 bits per heavy atom. The molecule has 0 aromatic carbocycles. The molecule has 0 bridgehead atoms. The van der Waals surface area contributed by atoms with Crippen LogP contribution in [0.15, 0.2) is 29.9 Å². The second-order valence-electron chi connectivity index (χ2n) is 6.31. The predicted molar refractivity (Wildman–Crippen MR) is 95.7 cm³/mol. The van der Waals surface area contributed by atoms with Crippen molar-refractivity contribution in [1.82, 2.24) is 15.2 Å². The molecule has 2 aliphatic heterocycles. The van der Waals surface area contributed by atoms with Gasteiger partial charge in [-0.3, -0.25) is 14.6 Å². The van der Waals surface area contributed by atoms with Crippen molar-refractivity contribution in [2.24, 2.45) is 10.8 Å². The first kappa shape index (κ1) is 19.0. The summed E-state index contributed by atoms with van der Waals surface area (Å²) in [4.78, 5) is 26.6. The highest BCUT2D eigenvalue weighted by Crippen LogP contribution is 2.21. The molecule has 3 N–H and O–H groups in total. The number of amides is 2. The second kappa shape index (κ2) is 8.66. The van der Waals surface area contributed by atoms with Crippen LogP contribution in [0.5, 0.6) is 0 Å². The molecule has 25 heavy (non-hydrogen) atoms. The first-order valence-electron chi connectivity index (χ1n) is 8.49. The summed E-state index contributed by atoms with van der Waals surface area (Å²) in [6.45, 7) is 6.88. The number of hydrogen-bond acceptors (Lipinski definition) is 5. The molecule has 3 atom stereocenters. The van der Waals surface area contributed by atoms with Gasteiger partial charge in [0.25, 0.3) is 5.91 Å². The van der Waals surface area contributed by atoms with Crippen molar-refractivity contribution in [2.75, 3.05) is 26.8 Å². The zero-order chi connectivity index (χ0) is 18.4. The third kappa shape index (κ3) is 4.82. The third-order valence-corrected chi connectivity index (χ3v) is 4.47. The zero-order valence-electron chi connectivity index (χ0n) is 14.9. The van der Waals surface area contributed by atoms with Crippen molar-refractivity contribution < 1.29 is 14.3 Å². The molecule has 2 amide bonds. The van der Waals surface area contributed by atoms with Crippen LogP contribution in [0.1, 0.15) is 19.8 Å². The van der Waals surface area contributed by atoms with Crippen molar-refractivity contribution in [2.45, 2.75) is 37.9 Å². The van der Waals surface area contributed by atoms with Crippen LogP contribution in [-0.2, 0) is 14.3 Å². The number of rotatable bonds is 5. The highest BCUT2D eigenvalue weighted by Gasteiger charge is 2.37. The van der Waals surface area contributed by atoms with E-state index in [0.717, 1.165) is 12.8 Å². The van der Waals surface area contributed by atoms with E-state index in [-0.39, 0.29) is 30.4 Å². The summed E-state index contributed by atoms with van der Waals surface area (Å²) in [5.41, 5.74) is 5.78. The number of allylic oxidation sites excluding steroid dienone is 2. The lowest BCUT2D eigenvalue weighted by Crippen LogP contribution is -2.52. The molecule has 2 saturated heterocycles. The van der Waals surface area contributed by atoms with E-state index in [1.54, 1.807) is 29.1 Å². The van der Waals surface area contributed by atoms with Gasteiger partial charge >= 0.3 is 0 Å². The topological polar surface area (TPSA) is 100 Å². The SMILES string of the molecule is C=C/C=C\C(C)N(C)/N=C(\N)C(=O)NC1COC[C@@H]2CCCN2C1=O. The van der Waals surface area contributed by atoms with E-state index in [0.29, 0.717) is 13.2 Å². The van der Waals surface area contributed by atoms with E-state index in [1.807, 2.05) is 13.0 Å². The minimum Gasteiger partial charge on any atom is -0.378 e. The van der Waals surface area contributed by atoms with Crippen molar-refractivity contribution in [3.8, 4) is 0 Å². The number of fused-ring (bicyclic) bond motifs is 1. The molecule has 2 aliphatic rings. The van der Waals surface area contributed by atoms with Crippen LogP contribution in [-0.4, -0.2) is 72.5 Å². The lowest BCUT2D eigenvalue weighted by molar-refractivity contribution is -0.135. The fourth-order valence-corrected chi connectivity index (χ4v) is 2.90. The van der Waals surface area contributed by atoms with Gasteiger partial charge in [0.05, 0.1) is 25.3 Å². The lowest BCUT2D eigenvalue weighted by atomic mass is 10.2. The number of amidine groups is 1. The van der Waals surface area contributed by atoms with Crippen LogP contribution in [0.3, 0.4) is 0 Å². The molecule has 2 unspecified atom stereocenters. The number of carbonyl (C=O) groups excluding carboxylic acids is 2. The van der Waals surface area contributed by atoms with E-state index in [1.165, 1.54) is 0 Å². The van der Waals surface area contributed by atoms with E-state index < -0.39 is 11.9 Å². The van der Waals surface area contributed by atoms with Gasteiger partial charge in [0.15, 0.2) is 0 Å². The molecular formula is C17H27N5O3. The highest BCUT2D eigenvalue weighted by molar-refractivity contribution is 6.37. The second-order valence-corrected chi connectivity index (χ2v) is 6.31. The number of hydrogen-bond donors (Lipinski definition) is 2. The largest absolute Gasteiger partial charge is 0.378 e. The molecule has 0 aromatic heterocycles. The van der Waals surface area contributed by atoms with Gasteiger partial charge in [-0.2, -0.15) is 5.10 Å². The van der Waals surface area contributed by atoms with E-state index in [2.05, 4.69) is 17.0 Å². The van der Waals surface area contributed by atoms with Gasteiger partial charge in [-0.05, 0) is 19.8 Å². The summed E-state index contributed by atoms with van der Waals surface area (Å²) in [5.74, 6) is -0.889. The van der Waals surface area contributed by atoms with Gasteiger partial charge in [-0.25, -0.2) is 0 Å². The predicted octanol–water partition coefficient (Wildman–Crippen LogP) is -0.173. The van der Waals surface area contributed by atoms with Crippen LogP contribution >= 0.6 is 0 Å². The number of carbonyl (C=O) groups is 2.